The predicted molar refractivity (Wildman–Crippen MR) is 83.3 cm³/mol. The van der Waals surface area contributed by atoms with Gasteiger partial charge in [-0.25, -0.2) is 0 Å². The number of fused-ring (bicyclic) bond motifs is 2. The second-order valence-corrected chi connectivity index (χ2v) is 6.73. The third-order valence-electron chi connectivity index (χ3n) is 4.65. The molecule has 3 rings (SSSR count). The molecule has 0 aliphatic carbocycles. The lowest BCUT2D eigenvalue weighted by Gasteiger charge is -2.35. The number of nitrogens with zero attached hydrogens (tertiary/aromatic N) is 1. The van der Waals surface area contributed by atoms with Gasteiger partial charge in [0.25, 0.3) is 5.91 Å². The highest BCUT2D eigenvalue weighted by atomic mass is 32.2. The summed E-state index contributed by atoms with van der Waals surface area (Å²) in [5, 5.41) is 3.63. The van der Waals surface area contributed by atoms with Crippen LogP contribution in [0.4, 0.5) is 0 Å². The summed E-state index contributed by atoms with van der Waals surface area (Å²) < 4.78 is 0. The van der Waals surface area contributed by atoms with Gasteiger partial charge in [-0.2, -0.15) is 0 Å². The number of carbonyl (C=O) groups is 1. The number of thioether (sulfide) groups is 1. The van der Waals surface area contributed by atoms with Gasteiger partial charge in [0.05, 0.1) is 5.56 Å². The number of rotatable bonds is 3. The summed E-state index contributed by atoms with van der Waals surface area (Å²) in [6.45, 7) is 0. The predicted octanol–water partition coefficient (Wildman–Crippen LogP) is 2.76. The first-order valence-corrected chi connectivity index (χ1v) is 8.57. The second-order valence-electron chi connectivity index (χ2n) is 5.88. The Labute approximate surface area is 125 Å². The first kappa shape index (κ1) is 14.0. The Morgan fingerprint density at radius 1 is 1.25 bits per heavy atom. The van der Waals surface area contributed by atoms with Gasteiger partial charge < -0.3 is 10.2 Å². The Hall–Kier alpha value is -1.00. The third-order valence-corrected chi connectivity index (χ3v) is 5.45. The number of hydrogen-bond donors (Lipinski definition) is 1. The smallest absolute Gasteiger partial charge is 0.254 e. The minimum Gasteiger partial charge on any atom is -0.339 e. The van der Waals surface area contributed by atoms with Crippen LogP contribution in [0.5, 0.6) is 0 Å². The molecule has 2 unspecified atom stereocenters. The summed E-state index contributed by atoms with van der Waals surface area (Å²) in [6, 6.07) is 9.53. The highest BCUT2D eigenvalue weighted by Crippen LogP contribution is 2.30. The molecule has 2 aliphatic rings. The molecule has 2 saturated heterocycles. The minimum atomic E-state index is 0.168. The molecule has 0 spiro atoms. The number of amides is 1. The molecule has 1 aromatic rings. The van der Waals surface area contributed by atoms with Crippen molar-refractivity contribution in [3.8, 4) is 0 Å². The molecule has 1 aromatic carbocycles. The van der Waals surface area contributed by atoms with Crippen molar-refractivity contribution in [2.45, 2.75) is 48.7 Å². The zero-order chi connectivity index (χ0) is 14.1. The largest absolute Gasteiger partial charge is 0.339 e. The van der Waals surface area contributed by atoms with E-state index in [1.54, 1.807) is 11.8 Å². The molecule has 2 bridgehead atoms. The molecule has 0 radical (unpaired) electrons. The highest BCUT2D eigenvalue weighted by Gasteiger charge is 2.36. The first-order valence-electron chi connectivity index (χ1n) is 7.35. The summed E-state index contributed by atoms with van der Waals surface area (Å²) in [6.07, 6.45) is 6.76. The number of hydrogen-bond acceptors (Lipinski definition) is 3. The van der Waals surface area contributed by atoms with E-state index < -0.39 is 0 Å². The summed E-state index contributed by atoms with van der Waals surface area (Å²) in [5.74, 6) is 0.168. The fraction of sp³-hybridized carbons (Fsp3) is 0.562. The Bertz CT molecular complexity index is 493. The average Bonchev–Trinajstić information content (AvgIpc) is 2.84. The van der Waals surface area contributed by atoms with Gasteiger partial charge in [0.15, 0.2) is 0 Å². The van der Waals surface area contributed by atoms with Crippen molar-refractivity contribution in [2.24, 2.45) is 0 Å². The van der Waals surface area contributed by atoms with Crippen LogP contribution < -0.4 is 5.32 Å². The van der Waals surface area contributed by atoms with Gasteiger partial charge in [0.2, 0.25) is 0 Å². The maximum Gasteiger partial charge on any atom is 0.254 e. The molecule has 2 heterocycles. The molecule has 0 saturated carbocycles. The van der Waals surface area contributed by atoms with Crippen LogP contribution in [0.1, 0.15) is 36.0 Å². The molecule has 1 amide bonds. The van der Waals surface area contributed by atoms with E-state index >= 15 is 0 Å². The van der Waals surface area contributed by atoms with Crippen molar-refractivity contribution < 1.29 is 4.79 Å². The second kappa shape index (κ2) is 5.78. The quantitative estimate of drug-likeness (QED) is 0.869. The van der Waals surface area contributed by atoms with Crippen molar-refractivity contribution in [3.05, 3.63) is 29.8 Å². The lowest BCUT2D eigenvalue weighted by Crippen LogP contribution is -2.48. The van der Waals surface area contributed by atoms with E-state index in [1.807, 2.05) is 42.5 Å². The maximum absolute atomic E-state index is 12.7. The van der Waals surface area contributed by atoms with Gasteiger partial charge in [-0.1, -0.05) is 12.1 Å². The van der Waals surface area contributed by atoms with E-state index in [-0.39, 0.29) is 5.91 Å². The van der Waals surface area contributed by atoms with Crippen molar-refractivity contribution in [1.29, 1.82) is 0 Å². The topological polar surface area (TPSA) is 32.3 Å². The van der Waals surface area contributed by atoms with Gasteiger partial charge >= 0.3 is 0 Å². The van der Waals surface area contributed by atoms with Crippen LogP contribution in [-0.2, 0) is 0 Å². The zero-order valence-electron chi connectivity index (χ0n) is 12.1. The van der Waals surface area contributed by atoms with Crippen LogP contribution in [-0.4, -0.2) is 42.2 Å². The lowest BCUT2D eigenvalue weighted by molar-refractivity contribution is 0.0678. The lowest BCUT2D eigenvalue weighted by atomic mass is 9.98. The molecule has 20 heavy (non-hydrogen) atoms. The van der Waals surface area contributed by atoms with E-state index in [0.29, 0.717) is 18.1 Å². The standard InChI is InChI=1S/C16H22N2OS/c1-18(13-9-11-7-8-12(10-13)17-11)16(19)14-5-3-4-6-15(14)20-2/h3-6,11-13,17H,7-10H2,1-2H3. The molecule has 2 aliphatic heterocycles. The first-order chi connectivity index (χ1) is 9.69. The summed E-state index contributed by atoms with van der Waals surface area (Å²) in [5.41, 5.74) is 0.841. The number of nitrogens with one attached hydrogen (secondary N) is 1. The van der Waals surface area contributed by atoms with Gasteiger partial charge in [-0.15, -0.1) is 11.8 Å². The number of benzene rings is 1. The summed E-state index contributed by atoms with van der Waals surface area (Å²) in [7, 11) is 1.97. The van der Waals surface area contributed by atoms with Crippen molar-refractivity contribution in [2.75, 3.05) is 13.3 Å². The fourth-order valence-corrected chi connectivity index (χ4v) is 4.11. The van der Waals surface area contributed by atoms with E-state index in [1.165, 1.54) is 12.8 Å². The van der Waals surface area contributed by atoms with Crippen LogP contribution in [0.2, 0.25) is 0 Å². The van der Waals surface area contributed by atoms with Crippen molar-refractivity contribution in [3.63, 3.8) is 0 Å². The zero-order valence-corrected chi connectivity index (χ0v) is 13.0. The Morgan fingerprint density at radius 2 is 1.90 bits per heavy atom. The van der Waals surface area contributed by atoms with Crippen molar-refractivity contribution in [1.82, 2.24) is 10.2 Å². The van der Waals surface area contributed by atoms with E-state index in [9.17, 15) is 4.79 Å². The van der Waals surface area contributed by atoms with Gasteiger partial charge in [0.1, 0.15) is 0 Å². The third kappa shape index (κ3) is 2.59. The van der Waals surface area contributed by atoms with E-state index in [4.69, 9.17) is 0 Å². The SMILES string of the molecule is CSc1ccccc1C(=O)N(C)C1CC2CCC(C1)N2. The molecule has 0 aromatic heterocycles. The minimum absolute atomic E-state index is 0.168. The highest BCUT2D eigenvalue weighted by molar-refractivity contribution is 7.98. The Balaban J connectivity index is 1.76. The van der Waals surface area contributed by atoms with Crippen LogP contribution in [0.3, 0.4) is 0 Å². The van der Waals surface area contributed by atoms with Crippen LogP contribution in [0.15, 0.2) is 29.2 Å². The maximum atomic E-state index is 12.7. The molecule has 3 nitrogen and oxygen atoms in total. The molecular formula is C16H22N2OS. The van der Waals surface area contributed by atoms with Crippen LogP contribution in [0, 0.1) is 0 Å². The van der Waals surface area contributed by atoms with Gasteiger partial charge in [-0.05, 0) is 44.1 Å². The van der Waals surface area contributed by atoms with E-state index in [0.717, 1.165) is 23.3 Å². The van der Waals surface area contributed by atoms with Crippen LogP contribution >= 0.6 is 11.8 Å². The molecule has 4 heteroatoms. The van der Waals surface area contributed by atoms with Crippen molar-refractivity contribution >= 4 is 17.7 Å². The number of carbonyl (C=O) groups excluding carboxylic acids is 1. The molecule has 1 N–H and O–H groups in total. The Morgan fingerprint density at radius 3 is 2.55 bits per heavy atom. The Kier molecular flexibility index (Phi) is 4.03. The molecular weight excluding hydrogens is 268 g/mol. The molecule has 2 fully saturated rings. The summed E-state index contributed by atoms with van der Waals surface area (Å²) >= 11 is 1.64. The normalized spacial score (nSPS) is 28.4. The summed E-state index contributed by atoms with van der Waals surface area (Å²) in [4.78, 5) is 15.8. The van der Waals surface area contributed by atoms with E-state index in [2.05, 4.69) is 5.32 Å². The monoisotopic (exact) mass is 290 g/mol. The van der Waals surface area contributed by atoms with Gasteiger partial charge in [-0.3, -0.25) is 4.79 Å². The average molecular weight is 290 g/mol. The fourth-order valence-electron chi connectivity index (χ4n) is 3.52. The number of piperidine rings is 1. The van der Waals surface area contributed by atoms with Gasteiger partial charge in [0, 0.05) is 30.1 Å². The molecule has 108 valence electrons. The molecule has 2 atom stereocenters. The van der Waals surface area contributed by atoms with Crippen LogP contribution in [0.25, 0.3) is 0 Å².